The van der Waals surface area contributed by atoms with E-state index >= 15 is 0 Å². The average molecular weight is 548 g/mol. The van der Waals surface area contributed by atoms with Gasteiger partial charge >= 0.3 is 6.03 Å². The lowest BCUT2D eigenvalue weighted by Crippen LogP contribution is -2.40. The molecule has 210 valence electrons. The minimum absolute atomic E-state index is 0.0307. The number of hydrogen-bond donors (Lipinski definition) is 2. The Morgan fingerprint density at radius 2 is 2.02 bits per heavy atom. The zero-order valence-electron chi connectivity index (χ0n) is 22.5. The first kappa shape index (κ1) is 27.5. The van der Waals surface area contributed by atoms with Crippen LogP contribution in [0.2, 0.25) is 0 Å². The zero-order valence-corrected chi connectivity index (χ0v) is 22.5. The molecule has 3 amide bonds. The molecular formula is C28H33N7O5. The van der Waals surface area contributed by atoms with E-state index in [1.54, 1.807) is 18.0 Å². The van der Waals surface area contributed by atoms with Crippen molar-refractivity contribution in [2.45, 2.75) is 44.7 Å². The van der Waals surface area contributed by atoms with Gasteiger partial charge in [0.05, 0.1) is 23.9 Å². The van der Waals surface area contributed by atoms with E-state index < -0.39 is 6.03 Å². The molecule has 0 spiro atoms. The first-order valence-corrected chi connectivity index (χ1v) is 13.6. The van der Waals surface area contributed by atoms with Crippen LogP contribution in [0, 0.1) is 17.2 Å². The number of rotatable bonds is 7. The fraction of sp³-hybridized carbons (Fsp3) is 0.500. The average Bonchev–Trinajstić information content (AvgIpc) is 3.49. The molecule has 1 atom stereocenters. The summed E-state index contributed by atoms with van der Waals surface area (Å²) in [5.41, 5.74) is 2.64. The molecule has 5 heterocycles. The fourth-order valence-electron chi connectivity index (χ4n) is 5.35. The van der Waals surface area contributed by atoms with E-state index in [2.05, 4.69) is 26.7 Å². The standard InChI is InChI=1S/C28H33N7O5/c1-34(27(37)18-4-8-39-9-5-18)15-20-11-19-3-2-7-35(26(19)32-24(20)16-36)28(38)33-25-12-23(21(13-29)14-30-25)31-22-6-10-40-17-22/h11-12,14,16,18,22H,2-10,15,17H2,1H3,(H2,30,31,33,38)/t22-/m0/s1. The molecule has 0 radical (unpaired) electrons. The monoisotopic (exact) mass is 547 g/mol. The molecule has 3 aliphatic heterocycles. The number of nitrogens with one attached hydrogen (secondary N) is 2. The number of aldehydes is 1. The highest BCUT2D eigenvalue weighted by Crippen LogP contribution is 2.29. The number of carbonyl (C=O) groups is 3. The summed E-state index contributed by atoms with van der Waals surface area (Å²) in [5.74, 6) is 0.658. The molecule has 0 saturated carbocycles. The summed E-state index contributed by atoms with van der Waals surface area (Å²) in [6.45, 7) is 3.04. The number of aryl methyl sites for hydroxylation is 1. The minimum atomic E-state index is -0.433. The van der Waals surface area contributed by atoms with Gasteiger partial charge < -0.3 is 19.7 Å². The van der Waals surface area contributed by atoms with Crippen molar-refractivity contribution in [3.63, 3.8) is 0 Å². The number of fused-ring (bicyclic) bond motifs is 1. The van der Waals surface area contributed by atoms with Crippen LogP contribution >= 0.6 is 0 Å². The molecule has 40 heavy (non-hydrogen) atoms. The van der Waals surface area contributed by atoms with Crippen molar-refractivity contribution in [2.75, 3.05) is 55.6 Å². The molecular weight excluding hydrogens is 514 g/mol. The van der Waals surface area contributed by atoms with Gasteiger partial charge in [-0.3, -0.25) is 19.8 Å². The van der Waals surface area contributed by atoms with E-state index in [-0.39, 0.29) is 35.9 Å². The van der Waals surface area contributed by atoms with Crippen LogP contribution in [-0.4, -0.2) is 79.2 Å². The van der Waals surface area contributed by atoms with Gasteiger partial charge in [0.1, 0.15) is 23.4 Å². The fourth-order valence-corrected chi connectivity index (χ4v) is 5.35. The molecule has 5 rings (SSSR count). The molecule has 12 nitrogen and oxygen atoms in total. The number of ether oxygens (including phenoxy) is 2. The molecule has 12 heteroatoms. The Kier molecular flexibility index (Phi) is 8.52. The summed E-state index contributed by atoms with van der Waals surface area (Å²) in [5, 5.41) is 15.6. The molecule has 0 aromatic carbocycles. The van der Waals surface area contributed by atoms with Crippen LogP contribution in [0.4, 0.5) is 22.1 Å². The normalized spacial score (nSPS) is 18.9. The Labute approximate surface area is 232 Å². The van der Waals surface area contributed by atoms with Crippen LogP contribution in [0.1, 0.15) is 52.9 Å². The van der Waals surface area contributed by atoms with Crippen molar-refractivity contribution < 1.29 is 23.9 Å². The number of hydrogen-bond acceptors (Lipinski definition) is 9. The largest absolute Gasteiger partial charge is 0.381 e. The number of pyridine rings is 2. The number of nitrogens with zero attached hydrogens (tertiary/aromatic N) is 5. The third-order valence-corrected chi connectivity index (χ3v) is 7.53. The van der Waals surface area contributed by atoms with Gasteiger partial charge in [-0.2, -0.15) is 5.26 Å². The van der Waals surface area contributed by atoms with Crippen molar-refractivity contribution in [2.24, 2.45) is 5.92 Å². The summed E-state index contributed by atoms with van der Waals surface area (Å²) >= 11 is 0. The molecule has 2 aromatic rings. The predicted octanol–water partition coefficient (Wildman–Crippen LogP) is 2.73. The summed E-state index contributed by atoms with van der Waals surface area (Å²) < 4.78 is 10.8. The van der Waals surface area contributed by atoms with Crippen molar-refractivity contribution in [1.82, 2.24) is 14.9 Å². The highest BCUT2D eigenvalue weighted by molar-refractivity contribution is 6.02. The molecule has 0 unspecified atom stereocenters. The molecule has 3 aliphatic rings. The van der Waals surface area contributed by atoms with Crippen molar-refractivity contribution in [3.05, 3.63) is 40.7 Å². The molecule has 2 aromatic heterocycles. The third kappa shape index (κ3) is 6.05. The second-order valence-electron chi connectivity index (χ2n) is 10.3. The second-order valence-corrected chi connectivity index (χ2v) is 10.3. The lowest BCUT2D eigenvalue weighted by Gasteiger charge is -2.30. The maximum absolute atomic E-state index is 13.3. The lowest BCUT2D eigenvalue weighted by molar-refractivity contribution is -0.137. The topological polar surface area (TPSA) is 150 Å². The SMILES string of the molecule is CN(Cc1cc2c(nc1C=O)N(C(=O)Nc1cc(N[C@H]3CCOC3)c(C#N)cn1)CCC2)C(=O)C1CCOCC1. The Morgan fingerprint density at radius 3 is 2.75 bits per heavy atom. The van der Waals surface area contributed by atoms with E-state index in [0.29, 0.717) is 87.6 Å². The van der Waals surface area contributed by atoms with Crippen LogP contribution in [-0.2, 0) is 27.2 Å². The summed E-state index contributed by atoms with van der Waals surface area (Å²) in [6.07, 6.45) is 5.71. The van der Waals surface area contributed by atoms with Gasteiger partial charge in [-0.25, -0.2) is 14.8 Å². The Morgan fingerprint density at radius 1 is 1.23 bits per heavy atom. The molecule has 2 N–H and O–H groups in total. The molecule has 2 saturated heterocycles. The highest BCUT2D eigenvalue weighted by Gasteiger charge is 2.29. The maximum Gasteiger partial charge on any atom is 0.328 e. The zero-order chi connectivity index (χ0) is 28.1. The summed E-state index contributed by atoms with van der Waals surface area (Å²) in [7, 11) is 1.74. The Hall–Kier alpha value is -4.08. The van der Waals surface area contributed by atoms with Gasteiger partial charge in [0, 0.05) is 63.7 Å². The van der Waals surface area contributed by atoms with Crippen LogP contribution in [0.3, 0.4) is 0 Å². The Balaban J connectivity index is 1.32. The van der Waals surface area contributed by atoms with Crippen molar-refractivity contribution >= 4 is 35.5 Å². The van der Waals surface area contributed by atoms with Crippen LogP contribution in [0.5, 0.6) is 0 Å². The van der Waals surface area contributed by atoms with Gasteiger partial charge in [0.2, 0.25) is 5.91 Å². The van der Waals surface area contributed by atoms with Gasteiger partial charge in [-0.15, -0.1) is 0 Å². The van der Waals surface area contributed by atoms with E-state index in [0.717, 1.165) is 12.0 Å². The number of aromatic nitrogens is 2. The van der Waals surface area contributed by atoms with Crippen LogP contribution in [0.15, 0.2) is 18.3 Å². The smallest absolute Gasteiger partial charge is 0.328 e. The summed E-state index contributed by atoms with van der Waals surface area (Å²) in [4.78, 5) is 50.2. The van der Waals surface area contributed by atoms with E-state index in [9.17, 15) is 19.6 Å². The second kappa shape index (κ2) is 12.4. The summed E-state index contributed by atoms with van der Waals surface area (Å²) in [6, 6.07) is 5.29. The first-order chi connectivity index (χ1) is 19.5. The first-order valence-electron chi connectivity index (χ1n) is 13.6. The van der Waals surface area contributed by atoms with E-state index in [1.165, 1.54) is 11.1 Å². The van der Waals surface area contributed by atoms with Gasteiger partial charge in [0.25, 0.3) is 0 Å². The number of amides is 3. The van der Waals surface area contributed by atoms with Gasteiger partial charge in [0.15, 0.2) is 6.29 Å². The highest BCUT2D eigenvalue weighted by atomic mass is 16.5. The van der Waals surface area contributed by atoms with Crippen molar-refractivity contribution in [3.8, 4) is 6.07 Å². The predicted molar refractivity (Wildman–Crippen MR) is 146 cm³/mol. The number of urea groups is 1. The number of anilines is 3. The van der Waals surface area contributed by atoms with Crippen LogP contribution < -0.4 is 15.5 Å². The van der Waals surface area contributed by atoms with Gasteiger partial charge in [-0.1, -0.05) is 0 Å². The number of nitriles is 1. The quantitative estimate of drug-likeness (QED) is 0.499. The van der Waals surface area contributed by atoms with E-state index in [4.69, 9.17) is 9.47 Å². The van der Waals surface area contributed by atoms with Crippen molar-refractivity contribution in [1.29, 1.82) is 5.26 Å². The molecule has 2 fully saturated rings. The molecule has 0 bridgehead atoms. The van der Waals surface area contributed by atoms with Gasteiger partial charge in [-0.05, 0) is 43.7 Å². The van der Waals surface area contributed by atoms with Crippen LogP contribution in [0.25, 0.3) is 0 Å². The third-order valence-electron chi connectivity index (χ3n) is 7.53. The lowest BCUT2D eigenvalue weighted by atomic mass is 9.98. The Bertz CT molecular complexity index is 1310. The molecule has 0 aliphatic carbocycles. The maximum atomic E-state index is 13.3. The van der Waals surface area contributed by atoms with E-state index in [1.807, 2.05) is 6.07 Å². The minimum Gasteiger partial charge on any atom is -0.381 e. The number of carbonyl (C=O) groups excluding carboxylic acids is 3.